The van der Waals surface area contributed by atoms with Gasteiger partial charge in [-0.3, -0.25) is 15.0 Å². The van der Waals surface area contributed by atoms with E-state index in [1.54, 1.807) is 11.8 Å². The predicted molar refractivity (Wildman–Crippen MR) is 119 cm³/mol. The van der Waals surface area contributed by atoms with Crippen LogP contribution in [0.1, 0.15) is 6.42 Å². The van der Waals surface area contributed by atoms with Crippen molar-refractivity contribution in [1.82, 2.24) is 15.2 Å². The molecule has 0 radical (unpaired) electrons. The SMILES string of the molecule is O=[N+]([O-])c1cccc(S(=O)(=O)NNC(CCN2CCOCC2)CSc2ccccc2)c1. The number of rotatable bonds is 11. The maximum absolute atomic E-state index is 12.7. The minimum Gasteiger partial charge on any atom is -0.379 e. The Morgan fingerprint density at radius 2 is 1.87 bits per heavy atom. The number of hydrazine groups is 1. The molecule has 9 nitrogen and oxygen atoms in total. The zero-order valence-electron chi connectivity index (χ0n) is 17.0. The first-order chi connectivity index (χ1) is 14.9. The van der Waals surface area contributed by atoms with Crippen LogP contribution in [0.5, 0.6) is 0 Å². The van der Waals surface area contributed by atoms with Gasteiger partial charge in [0.2, 0.25) is 0 Å². The maximum atomic E-state index is 12.7. The summed E-state index contributed by atoms with van der Waals surface area (Å²) in [5, 5.41) is 11.0. The van der Waals surface area contributed by atoms with Gasteiger partial charge < -0.3 is 4.74 Å². The van der Waals surface area contributed by atoms with Crippen LogP contribution in [0.4, 0.5) is 5.69 Å². The van der Waals surface area contributed by atoms with Crippen molar-refractivity contribution in [3.05, 3.63) is 64.7 Å². The lowest BCUT2D eigenvalue weighted by Crippen LogP contribution is -2.47. The molecule has 0 aliphatic carbocycles. The number of thioether (sulfide) groups is 1. The number of morpholine rings is 1. The second kappa shape index (κ2) is 11.6. The zero-order valence-corrected chi connectivity index (χ0v) is 18.6. The van der Waals surface area contributed by atoms with Crippen LogP contribution in [0.25, 0.3) is 0 Å². The molecule has 2 aromatic carbocycles. The summed E-state index contributed by atoms with van der Waals surface area (Å²) in [7, 11) is -3.95. The van der Waals surface area contributed by atoms with Crippen molar-refractivity contribution in [3.8, 4) is 0 Å². The Kier molecular flexibility index (Phi) is 8.81. The van der Waals surface area contributed by atoms with Crippen molar-refractivity contribution in [3.63, 3.8) is 0 Å². The predicted octanol–water partition coefficient (Wildman–Crippen LogP) is 2.26. The summed E-state index contributed by atoms with van der Waals surface area (Å²) in [6.45, 7) is 3.94. The third kappa shape index (κ3) is 7.56. The van der Waals surface area contributed by atoms with Crippen LogP contribution >= 0.6 is 11.8 Å². The van der Waals surface area contributed by atoms with E-state index in [4.69, 9.17) is 4.74 Å². The van der Waals surface area contributed by atoms with Crippen LogP contribution in [0.3, 0.4) is 0 Å². The van der Waals surface area contributed by atoms with Gasteiger partial charge in [0.05, 0.1) is 23.0 Å². The smallest absolute Gasteiger partial charge is 0.270 e. The monoisotopic (exact) mass is 466 g/mol. The van der Waals surface area contributed by atoms with Gasteiger partial charge in [0, 0.05) is 41.9 Å². The number of benzene rings is 2. The highest BCUT2D eigenvalue weighted by Gasteiger charge is 2.20. The summed E-state index contributed by atoms with van der Waals surface area (Å²) in [5.74, 6) is 0.659. The quantitative estimate of drug-likeness (QED) is 0.295. The molecule has 1 aliphatic rings. The number of ether oxygens (including phenoxy) is 1. The van der Waals surface area contributed by atoms with E-state index in [1.807, 2.05) is 30.3 Å². The lowest BCUT2D eigenvalue weighted by Gasteiger charge is -2.28. The molecule has 0 saturated carbocycles. The van der Waals surface area contributed by atoms with Crippen molar-refractivity contribution in [2.45, 2.75) is 22.3 Å². The van der Waals surface area contributed by atoms with E-state index in [1.165, 1.54) is 18.2 Å². The molecule has 31 heavy (non-hydrogen) atoms. The molecule has 1 fully saturated rings. The highest BCUT2D eigenvalue weighted by molar-refractivity contribution is 7.99. The molecular formula is C20H26N4O5S2. The lowest BCUT2D eigenvalue weighted by atomic mass is 10.2. The van der Waals surface area contributed by atoms with E-state index in [9.17, 15) is 18.5 Å². The summed E-state index contributed by atoms with van der Waals surface area (Å²) in [4.78, 5) is 16.0. The lowest BCUT2D eigenvalue weighted by molar-refractivity contribution is -0.385. The fourth-order valence-corrected chi connectivity index (χ4v) is 5.02. The first kappa shape index (κ1) is 23.6. The van der Waals surface area contributed by atoms with Gasteiger partial charge >= 0.3 is 0 Å². The van der Waals surface area contributed by atoms with Crippen LogP contribution in [-0.2, 0) is 14.8 Å². The van der Waals surface area contributed by atoms with E-state index >= 15 is 0 Å². The number of nitro groups is 1. The number of non-ortho nitro benzene ring substituents is 1. The van der Waals surface area contributed by atoms with Crippen molar-refractivity contribution in [2.75, 3.05) is 38.6 Å². The second-order valence-corrected chi connectivity index (χ2v) is 9.84. The summed E-state index contributed by atoms with van der Waals surface area (Å²) in [6.07, 6.45) is 0.733. The number of hydrogen-bond donors (Lipinski definition) is 2. The van der Waals surface area contributed by atoms with Crippen LogP contribution in [0.2, 0.25) is 0 Å². The summed E-state index contributed by atoms with van der Waals surface area (Å²) < 4.78 is 30.7. The van der Waals surface area contributed by atoms with Gasteiger partial charge in [0.25, 0.3) is 15.7 Å². The molecular weight excluding hydrogens is 440 g/mol. The van der Waals surface area contributed by atoms with Gasteiger partial charge in [-0.15, -0.1) is 16.6 Å². The Balaban J connectivity index is 1.63. The van der Waals surface area contributed by atoms with Crippen molar-refractivity contribution in [2.24, 2.45) is 0 Å². The molecule has 0 bridgehead atoms. The van der Waals surface area contributed by atoms with Gasteiger partial charge in [-0.25, -0.2) is 13.8 Å². The van der Waals surface area contributed by atoms with Gasteiger partial charge in [-0.1, -0.05) is 24.3 Å². The van der Waals surface area contributed by atoms with Crippen molar-refractivity contribution in [1.29, 1.82) is 0 Å². The first-order valence-corrected chi connectivity index (χ1v) is 12.4. The minimum atomic E-state index is -3.95. The Hall–Kier alpha value is -2.02. The first-order valence-electron chi connectivity index (χ1n) is 9.94. The molecule has 1 atom stereocenters. The Labute approximate surface area is 186 Å². The molecule has 0 amide bonds. The van der Waals surface area contributed by atoms with Crippen molar-refractivity contribution >= 4 is 27.5 Å². The molecule has 0 spiro atoms. The molecule has 2 aromatic rings. The number of hydrogen-bond acceptors (Lipinski definition) is 8. The van der Waals surface area contributed by atoms with E-state index in [0.29, 0.717) is 19.0 Å². The minimum absolute atomic E-state index is 0.137. The van der Waals surface area contributed by atoms with Crippen LogP contribution in [0.15, 0.2) is 64.4 Å². The molecule has 1 unspecified atom stereocenters. The molecule has 168 valence electrons. The highest BCUT2D eigenvalue weighted by Crippen LogP contribution is 2.20. The van der Waals surface area contributed by atoms with Gasteiger partial charge in [0.15, 0.2) is 0 Å². The number of nitrogens with one attached hydrogen (secondary N) is 2. The average Bonchev–Trinajstić information content (AvgIpc) is 2.80. The van der Waals surface area contributed by atoms with Crippen LogP contribution in [0, 0.1) is 10.1 Å². The summed E-state index contributed by atoms with van der Waals surface area (Å²) in [5.41, 5.74) is 2.66. The normalized spacial score (nSPS) is 16.1. The maximum Gasteiger partial charge on any atom is 0.270 e. The van der Waals surface area contributed by atoms with Gasteiger partial charge in [-0.2, -0.15) is 0 Å². The largest absolute Gasteiger partial charge is 0.379 e. The van der Waals surface area contributed by atoms with Gasteiger partial charge in [0.1, 0.15) is 0 Å². The fourth-order valence-electron chi connectivity index (χ4n) is 3.06. The third-order valence-corrected chi connectivity index (χ3v) is 7.26. The summed E-state index contributed by atoms with van der Waals surface area (Å²) >= 11 is 1.64. The van der Waals surface area contributed by atoms with E-state index in [2.05, 4.69) is 15.2 Å². The molecule has 11 heteroatoms. The molecule has 1 saturated heterocycles. The number of sulfonamides is 1. The Morgan fingerprint density at radius 3 is 2.58 bits per heavy atom. The second-order valence-electron chi connectivity index (χ2n) is 7.07. The Morgan fingerprint density at radius 1 is 1.13 bits per heavy atom. The van der Waals surface area contributed by atoms with Gasteiger partial charge in [-0.05, 0) is 31.2 Å². The van der Waals surface area contributed by atoms with Crippen molar-refractivity contribution < 1.29 is 18.1 Å². The standard InChI is InChI=1S/C20H26N4O5S2/c25-24(26)18-5-4-8-20(15-18)31(27,28)22-21-17(9-10-23-11-13-29-14-12-23)16-30-19-6-2-1-3-7-19/h1-8,15,17,21-22H,9-14,16H2. The fraction of sp³-hybridized carbons (Fsp3) is 0.400. The van der Waals surface area contributed by atoms with E-state index in [0.717, 1.165) is 37.0 Å². The average molecular weight is 467 g/mol. The number of nitro benzene ring substituents is 1. The number of nitrogens with zero attached hydrogens (tertiary/aromatic N) is 2. The highest BCUT2D eigenvalue weighted by atomic mass is 32.2. The Bertz CT molecular complexity index is 953. The van der Waals surface area contributed by atoms with Crippen LogP contribution in [-0.4, -0.2) is 62.9 Å². The third-order valence-electron chi connectivity index (χ3n) is 4.83. The van der Waals surface area contributed by atoms with E-state index < -0.39 is 14.9 Å². The zero-order chi connectivity index (χ0) is 22.1. The molecule has 3 rings (SSSR count). The topological polar surface area (TPSA) is 114 Å². The van der Waals surface area contributed by atoms with Crippen LogP contribution < -0.4 is 10.3 Å². The molecule has 1 aliphatic heterocycles. The van der Waals surface area contributed by atoms with E-state index in [-0.39, 0.29) is 16.6 Å². The molecule has 1 heterocycles. The molecule has 2 N–H and O–H groups in total. The summed E-state index contributed by atoms with van der Waals surface area (Å²) in [6, 6.07) is 14.7. The molecule has 0 aromatic heterocycles.